The first-order valence-corrected chi connectivity index (χ1v) is 15.5. The van der Waals surface area contributed by atoms with Crippen LogP contribution in [0.5, 0.6) is 11.5 Å². The van der Waals surface area contributed by atoms with Crippen LogP contribution in [0.2, 0.25) is 0 Å². The van der Waals surface area contributed by atoms with Gasteiger partial charge in [-0.05, 0) is 105 Å². The van der Waals surface area contributed by atoms with Crippen LogP contribution in [0, 0.1) is 23.1 Å². The van der Waals surface area contributed by atoms with Gasteiger partial charge in [0.05, 0.1) is 17.8 Å². The second-order valence-corrected chi connectivity index (χ2v) is 12.2. The van der Waals surface area contributed by atoms with Gasteiger partial charge in [0.1, 0.15) is 17.9 Å². The molecule has 43 heavy (non-hydrogen) atoms. The summed E-state index contributed by atoms with van der Waals surface area (Å²) in [6.45, 7) is 6.25. The molecule has 2 aliphatic carbocycles. The van der Waals surface area contributed by atoms with Crippen molar-refractivity contribution in [2.45, 2.75) is 63.8 Å². The van der Waals surface area contributed by atoms with Crippen molar-refractivity contribution in [3.63, 3.8) is 0 Å². The number of amides is 1. The summed E-state index contributed by atoms with van der Waals surface area (Å²) in [5, 5.41) is 12.5. The van der Waals surface area contributed by atoms with Crippen LogP contribution < -0.4 is 15.0 Å². The zero-order chi connectivity index (χ0) is 29.8. The molecule has 3 aromatic rings. The highest BCUT2D eigenvalue weighted by Gasteiger charge is 2.29. The Bertz CT molecular complexity index is 1490. The molecule has 1 aromatic heterocycles. The number of piperazine rings is 1. The topological polar surface area (TPSA) is 94.4 Å². The number of nitriles is 1. The molecule has 0 atom stereocenters. The molecule has 6 rings (SSSR count). The van der Waals surface area contributed by atoms with E-state index in [9.17, 15) is 14.4 Å². The van der Waals surface area contributed by atoms with Gasteiger partial charge in [-0.25, -0.2) is 14.4 Å². The number of hydrogen-bond acceptors (Lipinski definition) is 7. The number of ether oxygens (including phenoxy) is 1. The van der Waals surface area contributed by atoms with Gasteiger partial charge >= 0.3 is 0 Å². The van der Waals surface area contributed by atoms with E-state index in [2.05, 4.69) is 31.2 Å². The number of hydrogen-bond donors (Lipinski definition) is 1. The van der Waals surface area contributed by atoms with Gasteiger partial charge in [0.25, 0.3) is 0 Å². The normalized spacial score (nSPS) is 20.8. The number of rotatable bonds is 9. The van der Waals surface area contributed by atoms with Gasteiger partial charge in [-0.15, -0.1) is 0 Å². The summed E-state index contributed by atoms with van der Waals surface area (Å²) in [7, 11) is 0. The number of aromatic nitrogens is 2. The van der Waals surface area contributed by atoms with Crippen molar-refractivity contribution in [3.8, 4) is 28.7 Å². The van der Waals surface area contributed by atoms with Crippen molar-refractivity contribution >= 4 is 11.7 Å². The molecule has 0 radical (unpaired) electrons. The fraction of sp³-hybridized carbons (Fsp3) is 0.471. The maximum Gasteiger partial charge on any atom is 0.217 e. The fourth-order valence-corrected chi connectivity index (χ4v) is 6.58. The second kappa shape index (κ2) is 13.1. The van der Waals surface area contributed by atoms with Crippen LogP contribution in [-0.4, -0.2) is 59.5 Å². The van der Waals surface area contributed by atoms with E-state index in [0.717, 1.165) is 81.3 Å². The number of nitrogens with one attached hydrogen (secondary N) is 1. The lowest BCUT2D eigenvalue weighted by Gasteiger charge is -2.37. The van der Waals surface area contributed by atoms with Gasteiger partial charge in [0.2, 0.25) is 5.91 Å². The number of carbonyl (C=O) groups excluding carboxylic acids is 1. The monoisotopic (exact) mass is 582 g/mol. The molecule has 0 spiro atoms. The minimum absolute atomic E-state index is 0.0747. The predicted molar refractivity (Wildman–Crippen MR) is 163 cm³/mol. The summed E-state index contributed by atoms with van der Waals surface area (Å²) in [6.07, 6.45) is 11.1. The van der Waals surface area contributed by atoms with Gasteiger partial charge in [-0.3, -0.25) is 9.69 Å². The molecule has 1 N–H and O–H groups in total. The summed E-state index contributed by atoms with van der Waals surface area (Å²) in [5.41, 5.74) is 3.23. The van der Waals surface area contributed by atoms with Gasteiger partial charge in [-0.1, -0.05) is 6.07 Å². The van der Waals surface area contributed by atoms with E-state index in [1.807, 2.05) is 12.1 Å². The van der Waals surface area contributed by atoms with Gasteiger partial charge in [-0.2, -0.15) is 5.26 Å². The van der Waals surface area contributed by atoms with Crippen molar-refractivity contribution < 1.29 is 13.9 Å². The molecule has 9 heteroatoms. The molecule has 0 unspecified atom stereocenters. The van der Waals surface area contributed by atoms with Crippen molar-refractivity contribution in [3.05, 3.63) is 65.9 Å². The van der Waals surface area contributed by atoms with Crippen LogP contribution in [0.3, 0.4) is 0 Å². The number of halogens is 1. The highest BCUT2D eigenvalue weighted by molar-refractivity contribution is 5.76. The summed E-state index contributed by atoms with van der Waals surface area (Å²) >= 11 is 0. The molecular formula is C34H39FN6O2. The minimum atomic E-state index is -0.338. The first kappa shape index (κ1) is 29.1. The van der Waals surface area contributed by atoms with E-state index in [1.165, 1.54) is 31.4 Å². The van der Waals surface area contributed by atoms with Crippen LogP contribution in [0.25, 0.3) is 11.1 Å². The maximum absolute atomic E-state index is 14.6. The molecule has 0 bridgehead atoms. The Labute approximate surface area is 252 Å². The summed E-state index contributed by atoms with van der Waals surface area (Å²) in [5.74, 6) is 2.66. The molecule has 1 aliphatic heterocycles. The zero-order valence-electron chi connectivity index (χ0n) is 24.8. The molecule has 3 fully saturated rings. The number of carbonyl (C=O) groups is 1. The molecule has 2 saturated carbocycles. The number of nitrogens with zero attached hydrogens (tertiary/aromatic N) is 5. The maximum atomic E-state index is 14.6. The quantitative estimate of drug-likeness (QED) is 0.329. The van der Waals surface area contributed by atoms with Crippen LogP contribution >= 0.6 is 0 Å². The third kappa shape index (κ3) is 7.14. The minimum Gasteiger partial charge on any atom is -0.451 e. The average Bonchev–Trinajstić information content (AvgIpc) is 3.87. The average molecular weight is 583 g/mol. The summed E-state index contributed by atoms with van der Waals surface area (Å²) in [6, 6.07) is 12.8. The lowest BCUT2D eigenvalue weighted by molar-refractivity contribution is -0.119. The first-order chi connectivity index (χ1) is 21.0. The van der Waals surface area contributed by atoms with Gasteiger partial charge in [0, 0.05) is 44.7 Å². The first-order valence-electron chi connectivity index (χ1n) is 15.5. The van der Waals surface area contributed by atoms with Crippen molar-refractivity contribution in [1.29, 1.82) is 5.26 Å². The van der Waals surface area contributed by atoms with Gasteiger partial charge < -0.3 is 15.0 Å². The number of benzene rings is 2. The smallest absolute Gasteiger partial charge is 0.217 e. The molecule has 1 amide bonds. The summed E-state index contributed by atoms with van der Waals surface area (Å²) < 4.78 is 21.0. The molecule has 2 heterocycles. The van der Waals surface area contributed by atoms with Crippen molar-refractivity contribution in [1.82, 2.24) is 20.2 Å². The molecule has 3 aliphatic rings. The Kier molecular flexibility index (Phi) is 8.85. The van der Waals surface area contributed by atoms with Crippen LogP contribution in [-0.2, 0) is 4.79 Å². The van der Waals surface area contributed by atoms with E-state index < -0.39 is 0 Å². The molecular weight excluding hydrogens is 543 g/mol. The van der Waals surface area contributed by atoms with Gasteiger partial charge in [0.15, 0.2) is 11.6 Å². The SMILES string of the molecule is CC(=O)NC1CCC(CCN2CCN(c3ncncc3Oc3ccc(F)cc3-c3ccc(C#N)cc3C3CC3)CC2)CC1. The Morgan fingerprint density at radius 3 is 2.53 bits per heavy atom. The fourth-order valence-electron chi connectivity index (χ4n) is 6.58. The van der Waals surface area contributed by atoms with E-state index in [1.54, 1.807) is 31.6 Å². The second-order valence-electron chi connectivity index (χ2n) is 12.2. The largest absolute Gasteiger partial charge is 0.451 e. The van der Waals surface area contributed by atoms with E-state index in [0.29, 0.717) is 34.6 Å². The lowest BCUT2D eigenvalue weighted by atomic mass is 9.84. The third-order valence-corrected chi connectivity index (χ3v) is 9.09. The van der Waals surface area contributed by atoms with E-state index in [-0.39, 0.29) is 11.7 Å². The summed E-state index contributed by atoms with van der Waals surface area (Å²) in [4.78, 5) is 25.0. The predicted octanol–water partition coefficient (Wildman–Crippen LogP) is 6.03. The molecule has 224 valence electrons. The standard InChI is InChI=1S/C34H39FN6O2/c1-23(42)39-28-8-2-24(3-9-28)12-13-40-14-16-41(17-15-40)34-33(21-37-22-38-34)43-32-11-7-27(35)19-31(32)29-10-4-25(20-36)18-30(29)26-5-6-26/h4,7,10-11,18-19,21-22,24,26,28H,2-3,5-6,8-9,12-17H2,1H3,(H,39,42). The van der Waals surface area contributed by atoms with Crippen molar-refractivity contribution in [2.75, 3.05) is 37.6 Å². The Balaban J connectivity index is 1.11. The highest BCUT2D eigenvalue weighted by atomic mass is 19.1. The van der Waals surface area contributed by atoms with Crippen LogP contribution in [0.4, 0.5) is 10.2 Å². The highest BCUT2D eigenvalue weighted by Crippen LogP contribution is 2.47. The molecule has 2 aromatic carbocycles. The molecule has 1 saturated heterocycles. The Morgan fingerprint density at radius 2 is 1.81 bits per heavy atom. The molecule has 8 nitrogen and oxygen atoms in total. The van der Waals surface area contributed by atoms with Crippen LogP contribution in [0.15, 0.2) is 48.9 Å². The lowest BCUT2D eigenvalue weighted by Crippen LogP contribution is -2.47. The Hall–Kier alpha value is -4.03. The number of anilines is 1. The Morgan fingerprint density at radius 1 is 1.02 bits per heavy atom. The van der Waals surface area contributed by atoms with E-state index >= 15 is 0 Å². The third-order valence-electron chi connectivity index (χ3n) is 9.09. The zero-order valence-corrected chi connectivity index (χ0v) is 24.8. The van der Waals surface area contributed by atoms with E-state index in [4.69, 9.17) is 4.74 Å². The van der Waals surface area contributed by atoms with Crippen LogP contribution in [0.1, 0.15) is 68.9 Å². The van der Waals surface area contributed by atoms with Crippen molar-refractivity contribution in [2.24, 2.45) is 5.92 Å².